The van der Waals surface area contributed by atoms with Crippen LogP contribution in [0.15, 0.2) is 23.5 Å². The molecule has 128 valence electrons. The molecule has 2 N–H and O–H groups in total. The van der Waals surface area contributed by atoms with Gasteiger partial charge >= 0.3 is 5.91 Å². The quantitative estimate of drug-likeness (QED) is 0.792. The fourth-order valence-electron chi connectivity index (χ4n) is 3.67. The highest BCUT2D eigenvalue weighted by molar-refractivity contribution is 6.42. The summed E-state index contributed by atoms with van der Waals surface area (Å²) in [5, 5.41) is 0. The van der Waals surface area contributed by atoms with E-state index < -0.39 is 0 Å². The van der Waals surface area contributed by atoms with Gasteiger partial charge in [-0.2, -0.15) is 4.58 Å². The second kappa shape index (κ2) is 7.80. The van der Waals surface area contributed by atoms with Crippen LogP contribution < -0.4 is 5.73 Å². The molecule has 2 unspecified atom stereocenters. The second-order valence-electron chi connectivity index (χ2n) is 6.87. The second-order valence-corrected chi connectivity index (χ2v) is 6.87. The van der Waals surface area contributed by atoms with Crippen molar-refractivity contribution in [2.75, 3.05) is 20.1 Å². The van der Waals surface area contributed by atoms with Gasteiger partial charge in [0.15, 0.2) is 6.20 Å². The fraction of sp³-hybridized carbons (Fsp3) is 0.684. The van der Waals surface area contributed by atoms with Gasteiger partial charge in [0.1, 0.15) is 7.05 Å². The van der Waals surface area contributed by atoms with Gasteiger partial charge in [0.25, 0.3) is 5.71 Å². The maximum Gasteiger partial charge on any atom is 0.313 e. The third-order valence-electron chi connectivity index (χ3n) is 5.25. The SMILES string of the molecule is CCC(C)C1=CC(CC)C(N2CCCCC2)=C[N+](C)=C1C(N)=O. The maximum absolute atomic E-state index is 12.1. The molecule has 1 saturated heterocycles. The summed E-state index contributed by atoms with van der Waals surface area (Å²) in [5.74, 6) is 0.365. The van der Waals surface area contributed by atoms with Crippen LogP contribution in [0.25, 0.3) is 0 Å². The molecule has 23 heavy (non-hydrogen) atoms. The Morgan fingerprint density at radius 1 is 1.35 bits per heavy atom. The average molecular weight is 318 g/mol. The van der Waals surface area contributed by atoms with Crippen LogP contribution in [-0.2, 0) is 4.79 Å². The fourth-order valence-corrected chi connectivity index (χ4v) is 3.67. The first-order valence-electron chi connectivity index (χ1n) is 9.07. The Kier molecular flexibility index (Phi) is 6.03. The Labute approximate surface area is 140 Å². The minimum Gasteiger partial charge on any atom is -0.370 e. The molecule has 2 atom stereocenters. The lowest BCUT2D eigenvalue weighted by molar-refractivity contribution is -0.422. The molecule has 0 bridgehead atoms. The van der Waals surface area contributed by atoms with E-state index in [-0.39, 0.29) is 5.91 Å². The lowest BCUT2D eigenvalue weighted by Gasteiger charge is -2.32. The van der Waals surface area contributed by atoms with Gasteiger partial charge in [-0.3, -0.25) is 4.79 Å². The van der Waals surface area contributed by atoms with E-state index in [1.807, 2.05) is 11.6 Å². The largest absolute Gasteiger partial charge is 0.370 e. The highest BCUT2D eigenvalue weighted by atomic mass is 16.1. The van der Waals surface area contributed by atoms with Gasteiger partial charge < -0.3 is 10.6 Å². The van der Waals surface area contributed by atoms with Crippen molar-refractivity contribution in [2.45, 2.75) is 52.9 Å². The standard InChI is InChI=1S/C19H31N3O/c1-5-14(3)16-12-15(6-2)17(22-10-8-7-9-11-22)13-21(4)18(16)19(20)23/h12-15H,5-11H2,1-4H3,(H-,20,23)/p+1. The number of nitrogens with two attached hydrogens (primary N) is 1. The number of piperidine rings is 1. The number of rotatable bonds is 5. The lowest BCUT2D eigenvalue weighted by atomic mass is 9.88. The van der Waals surface area contributed by atoms with Gasteiger partial charge in [-0.25, -0.2) is 0 Å². The van der Waals surface area contributed by atoms with Crippen molar-refractivity contribution in [2.24, 2.45) is 17.6 Å². The van der Waals surface area contributed by atoms with Crippen LogP contribution in [0.4, 0.5) is 0 Å². The van der Waals surface area contributed by atoms with Crippen molar-refractivity contribution in [3.05, 3.63) is 23.5 Å². The molecular weight excluding hydrogens is 286 g/mol. The summed E-state index contributed by atoms with van der Waals surface area (Å²) in [6.45, 7) is 8.81. The number of allylic oxidation sites excluding steroid dienone is 1. The molecule has 0 aliphatic carbocycles. The van der Waals surface area contributed by atoms with Gasteiger partial charge in [0.2, 0.25) is 0 Å². The summed E-state index contributed by atoms with van der Waals surface area (Å²) < 4.78 is 1.96. The zero-order chi connectivity index (χ0) is 17.0. The number of hydrogen-bond acceptors (Lipinski definition) is 2. The molecule has 0 spiro atoms. The first kappa shape index (κ1) is 17.8. The average Bonchev–Trinajstić information content (AvgIpc) is 2.71. The van der Waals surface area contributed by atoms with Crippen LogP contribution in [-0.4, -0.2) is 41.2 Å². The molecule has 1 amide bonds. The Morgan fingerprint density at radius 2 is 2.00 bits per heavy atom. The number of carbonyl (C=O) groups excluding carboxylic acids is 1. The smallest absolute Gasteiger partial charge is 0.313 e. The third kappa shape index (κ3) is 3.85. The summed E-state index contributed by atoms with van der Waals surface area (Å²) in [7, 11) is 1.96. The van der Waals surface area contributed by atoms with E-state index in [0.717, 1.165) is 31.5 Å². The number of nitrogens with zero attached hydrogens (tertiary/aromatic N) is 2. The molecule has 4 nitrogen and oxygen atoms in total. The Hall–Kier alpha value is -1.58. The third-order valence-corrected chi connectivity index (χ3v) is 5.25. The Morgan fingerprint density at radius 3 is 2.52 bits per heavy atom. The van der Waals surface area contributed by atoms with Crippen molar-refractivity contribution in [1.82, 2.24) is 4.90 Å². The molecule has 4 heteroatoms. The Balaban J connectivity index is 2.50. The van der Waals surface area contributed by atoms with Crippen molar-refractivity contribution < 1.29 is 9.37 Å². The van der Waals surface area contributed by atoms with E-state index in [4.69, 9.17) is 5.73 Å². The number of carbonyl (C=O) groups is 1. The molecule has 2 aliphatic rings. The number of hydrogen-bond donors (Lipinski definition) is 1. The van der Waals surface area contributed by atoms with E-state index >= 15 is 0 Å². The number of likely N-dealkylation sites (tertiary alicyclic amines) is 1. The molecule has 2 rings (SSSR count). The summed E-state index contributed by atoms with van der Waals surface area (Å²) in [6, 6.07) is 0. The van der Waals surface area contributed by atoms with E-state index in [0.29, 0.717) is 17.5 Å². The summed E-state index contributed by atoms with van der Waals surface area (Å²) in [4.78, 5) is 14.6. The van der Waals surface area contributed by atoms with Gasteiger partial charge in [-0.15, -0.1) is 0 Å². The molecule has 0 saturated carbocycles. The minimum absolute atomic E-state index is 0.329. The zero-order valence-corrected chi connectivity index (χ0v) is 15.1. The number of amides is 1. The Bertz CT molecular complexity index is 539. The molecular formula is C19H32N3O+. The molecule has 2 aliphatic heterocycles. The first-order valence-corrected chi connectivity index (χ1v) is 9.07. The van der Waals surface area contributed by atoms with Crippen molar-refractivity contribution >= 4 is 11.6 Å². The van der Waals surface area contributed by atoms with E-state index in [1.54, 1.807) is 0 Å². The molecule has 0 aromatic rings. The maximum atomic E-state index is 12.1. The molecule has 0 aromatic carbocycles. The van der Waals surface area contributed by atoms with Gasteiger partial charge in [0.05, 0.1) is 5.70 Å². The van der Waals surface area contributed by atoms with Gasteiger partial charge in [0, 0.05) is 24.6 Å². The van der Waals surface area contributed by atoms with E-state index in [1.165, 1.54) is 25.0 Å². The van der Waals surface area contributed by atoms with Crippen LogP contribution in [0.1, 0.15) is 52.9 Å². The predicted octanol–water partition coefficient (Wildman–Crippen LogP) is 2.89. The lowest BCUT2D eigenvalue weighted by Crippen LogP contribution is -2.33. The predicted molar refractivity (Wildman–Crippen MR) is 95.2 cm³/mol. The zero-order valence-electron chi connectivity index (χ0n) is 15.1. The highest BCUT2D eigenvalue weighted by Crippen LogP contribution is 2.30. The first-order chi connectivity index (χ1) is 11.0. The van der Waals surface area contributed by atoms with Crippen molar-refractivity contribution in [3.63, 3.8) is 0 Å². The van der Waals surface area contributed by atoms with E-state index in [9.17, 15) is 4.79 Å². The van der Waals surface area contributed by atoms with Gasteiger partial charge in [-0.1, -0.05) is 26.8 Å². The van der Waals surface area contributed by atoms with Crippen LogP contribution in [0.2, 0.25) is 0 Å². The normalized spacial score (nSPS) is 24.0. The molecule has 1 fully saturated rings. The topological polar surface area (TPSA) is 49.3 Å². The summed E-state index contributed by atoms with van der Waals surface area (Å²) >= 11 is 0. The number of primary amides is 1. The van der Waals surface area contributed by atoms with E-state index in [2.05, 4.69) is 37.9 Å². The van der Waals surface area contributed by atoms with Crippen LogP contribution >= 0.6 is 0 Å². The summed E-state index contributed by atoms with van der Waals surface area (Å²) in [5.41, 5.74) is 8.83. The van der Waals surface area contributed by atoms with Crippen LogP contribution in [0.3, 0.4) is 0 Å². The monoisotopic (exact) mass is 318 g/mol. The minimum atomic E-state index is -0.329. The molecule has 0 aromatic heterocycles. The van der Waals surface area contributed by atoms with Crippen molar-refractivity contribution in [3.8, 4) is 0 Å². The molecule has 2 heterocycles. The van der Waals surface area contributed by atoms with Crippen LogP contribution in [0.5, 0.6) is 0 Å². The van der Waals surface area contributed by atoms with Crippen molar-refractivity contribution in [1.29, 1.82) is 0 Å². The van der Waals surface area contributed by atoms with Gasteiger partial charge in [-0.05, 0) is 38.0 Å². The molecule has 0 radical (unpaired) electrons. The highest BCUT2D eigenvalue weighted by Gasteiger charge is 2.32. The van der Waals surface area contributed by atoms with Crippen LogP contribution in [0, 0.1) is 11.8 Å². The summed E-state index contributed by atoms with van der Waals surface area (Å²) in [6.07, 6.45) is 10.3.